The van der Waals surface area contributed by atoms with Crippen molar-refractivity contribution in [3.8, 4) is 0 Å². The number of nitrogens with zero attached hydrogens (tertiary/aromatic N) is 1. The van der Waals surface area contributed by atoms with E-state index in [4.69, 9.17) is 16.3 Å². The molecule has 0 saturated carbocycles. The van der Waals surface area contributed by atoms with Crippen molar-refractivity contribution in [1.82, 2.24) is 4.81 Å². The van der Waals surface area contributed by atoms with Crippen molar-refractivity contribution in [2.24, 2.45) is 0 Å². The van der Waals surface area contributed by atoms with Gasteiger partial charge in [-0.2, -0.15) is 65.9 Å². The molecule has 254 valence electrons. The minimum atomic E-state index is -5.52. The first-order chi connectivity index (χ1) is 21.3. The normalized spacial score (nSPS) is 19.4. The molecule has 0 unspecified atom stereocenters. The maximum atomic E-state index is 14.2. The lowest BCUT2D eigenvalue weighted by atomic mass is 9.69. The van der Waals surface area contributed by atoms with Crippen LogP contribution in [0.15, 0.2) is 54.6 Å². The predicted octanol–water partition coefficient (Wildman–Crippen LogP) is 9.57. The topological polar surface area (TPSA) is 12.5 Å². The Hall–Kier alpha value is -3.12. The average molecular weight is 714 g/mol. The second kappa shape index (κ2) is 11.2. The maximum absolute atomic E-state index is 14.2. The first kappa shape index (κ1) is 35.2. The third-order valence-corrected chi connectivity index (χ3v) is 8.22. The predicted molar refractivity (Wildman–Crippen MR) is 136 cm³/mol. The number of hydrogen-bond donors (Lipinski definition) is 0. The molecule has 3 aromatic rings. The van der Waals surface area contributed by atoms with Crippen LogP contribution in [0.25, 0.3) is 0 Å². The van der Waals surface area contributed by atoms with Crippen LogP contribution >= 0.6 is 11.6 Å². The van der Waals surface area contributed by atoms with Crippen LogP contribution in [-0.4, -0.2) is 24.4 Å². The van der Waals surface area contributed by atoms with Crippen LogP contribution in [-0.2, 0) is 41.1 Å². The average Bonchev–Trinajstić information content (AvgIpc) is 3.53. The number of rotatable bonds is 3. The van der Waals surface area contributed by atoms with Gasteiger partial charge in [0, 0.05) is 11.1 Å². The van der Waals surface area contributed by atoms with Gasteiger partial charge in [-0.05, 0) is 84.5 Å². The molecule has 3 aromatic carbocycles. The summed E-state index contributed by atoms with van der Waals surface area (Å²) in [6, 6.07) is 0.238. The van der Waals surface area contributed by atoms with Crippen LogP contribution in [0.4, 0.5) is 65.9 Å². The van der Waals surface area contributed by atoms with Crippen LogP contribution in [0, 0.1) is 0 Å². The zero-order chi connectivity index (χ0) is 35.1. The summed E-state index contributed by atoms with van der Waals surface area (Å²) in [7, 11) is -2.02. The molecule has 19 heteroatoms. The van der Waals surface area contributed by atoms with Crippen molar-refractivity contribution in [1.29, 1.82) is 0 Å². The number of fused-ring (bicyclic) bond motifs is 1. The van der Waals surface area contributed by atoms with Crippen molar-refractivity contribution in [3.05, 3.63) is 98.6 Å². The summed E-state index contributed by atoms with van der Waals surface area (Å²) in [5, 5.41) is -0.441. The number of hydrogen-bond acceptors (Lipinski definition) is 2. The van der Waals surface area contributed by atoms with Gasteiger partial charge in [-0.1, -0.05) is 17.7 Å². The van der Waals surface area contributed by atoms with E-state index in [2.05, 4.69) is 0 Å². The van der Waals surface area contributed by atoms with Gasteiger partial charge in [-0.15, -0.1) is 0 Å². The monoisotopic (exact) mass is 713 g/mol. The Kier molecular flexibility index (Phi) is 8.40. The van der Waals surface area contributed by atoms with E-state index in [1.807, 2.05) is 0 Å². The molecular weight excluding hydrogens is 698 g/mol. The molecule has 0 aromatic heterocycles. The molecule has 0 N–H and O–H groups in total. The molecule has 0 radical (unpaired) electrons. The van der Waals surface area contributed by atoms with Crippen LogP contribution in [0.3, 0.4) is 0 Å². The third kappa shape index (κ3) is 6.52. The molecule has 0 spiro atoms. The van der Waals surface area contributed by atoms with E-state index in [0.29, 0.717) is 6.07 Å². The highest BCUT2D eigenvalue weighted by Gasteiger charge is 2.61. The fourth-order valence-electron chi connectivity index (χ4n) is 6.09. The van der Waals surface area contributed by atoms with Gasteiger partial charge in [0.25, 0.3) is 0 Å². The minimum Gasteiger partial charge on any atom is -0.402 e. The summed E-state index contributed by atoms with van der Waals surface area (Å²) in [4.78, 5) is 1.06. The first-order valence-corrected chi connectivity index (χ1v) is 13.6. The summed E-state index contributed by atoms with van der Waals surface area (Å²) in [5.41, 5.74) is -15.5. The molecule has 47 heavy (non-hydrogen) atoms. The second-order valence-electron chi connectivity index (χ2n) is 10.9. The fourth-order valence-corrected chi connectivity index (χ4v) is 6.26. The molecule has 0 aliphatic carbocycles. The van der Waals surface area contributed by atoms with Crippen molar-refractivity contribution in [2.45, 2.75) is 55.4 Å². The lowest BCUT2D eigenvalue weighted by Crippen LogP contribution is -2.48. The van der Waals surface area contributed by atoms with E-state index >= 15 is 0 Å². The Morgan fingerprint density at radius 3 is 1.43 bits per heavy atom. The summed E-state index contributed by atoms with van der Waals surface area (Å²) in [5.74, 6) is 0. The Labute approximate surface area is 260 Å². The lowest BCUT2D eigenvalue weighted by molar-refractivity contribution is -0.144. The number of halogens is 16. The zero-order valence-corrected chi connectivity index (χ0v) is 23.6. The van der Waals surface area contributed by atoms with Gasteiger partial charge < -0.3 is 9.47 Å². The van der Waals surface area contributed by atoms with Gasteiger partial charge in [0.15, 0.2) is 0 Å². The molecule has 0 amide bonds. The molecular formula is C28H16BClF15NO. The van der Waals surface area contributed by atoms with Crippen molar-refractivity contribution in [2.75, 3.05) is 6.54 Å². The second-order valence-corrected chi connectivity index (χ2v) is 11.4. The highest BCUT2D eigenvalue weighted by atomic mass is 35.5. The largest absolute Gasteiger partial charge is 0.420 e. The molecule has 0 bridgehead atoms. The van der Waals surface area contributed by atoms with E-state index in [9.17, 15) is 65.9 Å². The Morgan fingerprint density at radius 1 is 0.617 bits per heavy atom. The molecule has 1 atom stereocenters. The Bertz CT molecular complexity index is 1540. The molecule has 2 aliphatic rings. The van der Waals surface area contributed by atoms with E-state index in [-0.39, 0.29) is 55.8 Å². The lowest BCUT2D eigenvalue weighted by Gasteiger charge is -2.37. The van der Waals surface area contributed by atoms with Gasteiger partial charge in [-0.25, -0.2) is 0 Å². The van der Waals surface area contributed by atoms with E-state index in [0.717, 1.165) is 16.9 Å². The summed E-state index contributed by atoms with van der Waals surface area (Å²) in [6.07, 6.45) is -27.6. The van der Waals surface area contributed by atoms with Crippen molar-refractivity contribution < 1.29 is 70.5 Å². The Balaban J connectivity index is 1.91. The Morgan fingerprint density at radius 2 is 1.04 bits per heavy atom. The molecule has 2 nitrogen and oxygen atoms in total. The van der Waals surface area contributed by atoms with E-state index in [1.165, 1.54) is 0 Å². The van der Waals surface area contributed by atoms with Gasteiger partial charge >= 0.3 is 37.9 Å². The number of alkyl halides is 15. The quantitative estimate of drug-likeness (QED) is 0.198. The van der Waals surface area contributed by atoms with E-state index < -0.39 is 99.0 Å². The standard InChI is InChI=1S/C28H16BClF15NO/c30-19-3-4-21(20(12-19)28(43,44)45)29-46-5-1-2-22(46)23(47-29,13-6-15(24(31,32)33)10-16(7-13)25(34,35)36)14-8-17(26(37,38)39)11-18(9-14)27(40,41)42/h3-4,6-12,22H,1-2,5H2/t22-/m1/s1. The highest BCUT2D eigenvalue weighted by Crippen LogP contribution is 2.53. The minimum absolute atomic E-state index is 0.0165. The first-order valence-electron chi connectivity index (χ1n) is 13.2. The van der Waals surface area contributed by atoms with Crippen LogP contribution in [0.5, 0.6) is 0 Å². The van der Waals surface area contributed by atoms with Crippen LogP contribution in [0.1, 0.15) is 51.8 Å². The summed E-state index contributed by atoms with van der Waals surface area (Å²) >= 11 is 5.75. The molecule has 2 aliphatic heterocycles. The highest BCUT2D eigenvalue weighted by molar-refractivity contribution is 6.66. The van der Waals surface area contributed by atoms with E-state index in [1.54, 1.807) is 0 Å². The SMILES string of the molecule is FC(F)(F)c1cc(C(F)(F)F)cc(C2(c3cc(C(F)(F)F)cc(C(F)(F)F)c3)OB(c3ccc(Cl)cc3C(F)(F)F)N3CCC[C@@H]32)c1. The van der Waals surface area contributed by atoms with Crippen LogP contribution < -0.4 is 5.46 Å². The van der Waals surface area contributed by atoms with Crippen molar-refractivity contribution in [3.63, 3.8) is 0 Å². The molecule has 2 fully saturated rings. The van der Waals surface area contributed by atoms with Crippen molar-refractivity contribution >= 4 is 24.1 Å². The molecule has 5 rings (SSSR count). The maximum Gasteiger partial charge on any atom is 0.420 e. The van der Waals surface area contributed by atoms with Gasteiger partial charge in [0.1, 0.15) is 5.60 Å². The summed E-state index contributed by atoms with van der Waals surface area (Å²) in [6.45, 7) is -0.243. The molecule has 2 heterocycles. The smallest absolute Gasteiger partial charge is 0.402 e. The molecule has 2 saturated heterocycles. The van der Waals surface area contributed by atoms with Gasteiger partial charge in [-0.3, -0.25) is 0 Å². The third-order valence-electron chi connectivity index (χ3n) is 7.98. The fraction of sp³-hybridized carbons (Fsp3) is 0.357. The zero-order valence-electron chi connectivity index (χ0n) is 22.9. The number of benzene rings is 3. The van der Waals surface area contributed by atoms with Crippen LogP contribution in [0.2, 0.25) is 5.02 Å². The van der Waals surface area contributed by atoms with Gasteiger partial charge in [0.05, 0.1) is 27.8 Å². The van der Waals surface area contributed by atoms with Gasteiger partial charge in [0.2, 0.25) is 0 Å². The summed E-state index contributed by atoms with van der Waals surface area (Å²) < 4.78 is 216.